The van der Waals surface area contributed by atoms with Gasteiger partial charge in [-0.2, -0.15) is 0 Å². The van der Waals surface area contributed by atoms with E-state index in [-0.39, 0.29) is 0 Å². The van der Waals surface area contributed by atoms with Crippen molar-refractivity contribution in [3.8, 4) is 5.75 Å². The standard InChI is InChI=1S/C16H24N2O/c1-19-16-6-2-4-13(10-16)12-17-14-7-9-18-8-3-5-15(18)11-14/h2,4,6,10,14-15,17H,3,5,7-9,11-12H2,1H3. The Morgan fingerprint density at radius 1 is 1.32 bits per heavy atom. The molecule has 2 atom stereocenters. The van der Waals surface area contributed by atoms with Gasteiger partial charge in [-0.3, -0.25) is 0 Å². The number of nitrogens with zero attached hydrogens (tertiary/aromatic N) is 1. The number of methoxy groups -OCH3 is 1. The molecular weight excluding hydrogens is 236 g/mol. The smallest absolute Gasteiger partial charge is 0.119 e. The summed E-state index contributed by atoms with van der Waals surface area (Å²) in [7, 11) is 1.72. The molecule has 2 heterocycles. The van der Waals surface area contributed by atoms with Gasteiger partial charge in [0.2, 0.25) is 0 Å². The molecule has 1 N–H and O–H groups in total. The van der Waals surface area contributed by atoms with Crippen LogP contribution in [0.5, 0.6) is 5.75 Å². The first kappa shape index (κ1) is 12.9. The largest absolute Gasteiger partial charge is 0.497 e. The summed E-state index contributed by atoms with van der Waals surface area (Å²) in [4.78, 5) is 2.67. The summed E-state index contributed by atoms with van der Waals surface area (Å²) in [5, 5.41) is 3.72. The van der Waals surface area contributed by atoms with E-state index in [9.17, 15) is 0 Å². The maximum Gasteiger partial charge on any atom is 0.119 e. The van der Waals surface area contributed by atoms with Gasteiger partial charge in [0.05, 0.1) is 7.11 Å². The minimum Gasteiger partial charge on any atom is -0.497 e. The van der Waals surface area contributed by atoms with Crippen LogP contribution < -0.4 is 10.1 Å². The monoisotopic (exact) mass is 260 g/mol. The van der Waals surface area contributed by atoms with Gasteiger partial charge < -0.3 is 15.0 Å². The maximum atomic E-state index is 5.27. The first-order chi connectivity index (χ1) is 9.35. The van der Waals surface area contributed by atoms with Gasteiger partial charge in [0, 0.05) is 18.6 Å². The Balaban J connectivity index is 1.51. The molecule has 2 saturated heterocycles. The Labute approximate surface area is 115 Å². The van der Waals surface area contributed by atoms with Crippen LogP contribution in [0.25, 0.3) is 0 Å². The maximum absolute atomic E-state index is 5.27. The summed E-state index contributed by atoms with van der Waals surface area (Å²) in [5.74, 6) is 0.949. The van der Waals surface area contributed by atoms with Gasteiger partial charge in [-0.25, -0.2) is 0 Å². The minimum absolute atomic E-state index is 0.686. The SMILES string of the molecule is COc1cccc(CNC2CCN3CCCC3C2)c1. The second-order valence-electron chi connectivity index (χ2n) is 5.79. The number of piperidine rings is 1. The van der Waals surface area contributed by atoms with E-state index in [0.717, 1.165) is 18.3 Å². The van der Waals surface area contributed by atoms with Gasteiger partial charge in [-0.05, 0) is 56.5 Å². The lowest BCUT2D eigenvalue weighted by molar-refractivity contribution is 0.166. The summed E-state index contributed by atoms with van der Waals surface area (Å²) in [5.41, 5.74) is 1.31. The minimum atomic E-state index is 0.686. The lowest BCUT2D eigenvalue weighted by atomic mass is 9.97. The number of ether oxygens (including phenoxy) is 1. The molecule has 2 unspecified atom stereocenters. The zero-order chi connectivity index (χ0) is 13.1. The molecule has 0 bridgehead atoms. The number of hydrogen-bond acceptors (Lipinski definition) is 3. The van der Waals surface area contributed by atoms with Crippen LogP contribution in [0.3, 0.4) is 0 Å². The molecule has 0 radical (unpaired) electrons. The van der Waals surface area contributed by atoms with Crippen LogP contribution in [-0.2, 0) is 6.54 Å². The van der Waals surface area contributed by atoms with E-state index >= 15 is 0 Å². The molecule has 0 aromatic heterocycles. The molecule has 3 rings (SSSR count). The fourth-order valence-corrected chi connectivity index (χ4v) is 3.45. The van der Waals surface area contributed by atoms with E-state index in [2.05, 4.69) is 28.4 Å². The Kier molecular flexibility index (Phi) is 4.04. The summed E-state index contributed by atoms with van der Waals surface area (Å²) >= 11 is 0. The van der Waals surface area contributed by atoms with Crippen LogP contribution in [-0.4, -0.2) is 37.2 Å². The van der Waals surface area contributed by atoms with E-state index in [1.165, 1.54) is 44.3 Å². The van der Waals surface area contributed by atoms with Gasteiger partial charge in [0.15, 0.2) is 0 Å². The highest BCUT2D eigenvalue weighted by molar-refractivity contribution is 5.28. The molecule has 3 nitrogen and oxygen atoms in total. The van der Waals surface area contributed by atoms with Crippen molar-refractivity contribution in [3.63, 3.8) is 0 Å². The molecule has 1 aromatic rings. The lowest BCUT2D eigenvalue weighted by Crippen LogP contribution is -2.45. The fourth-order valence-electron chi connectivity index (χ4n) is 3.45. The van der Waals surface area contributed by atoms with Crippen molar-refractivity contribution in [1.29, 1.82) is 0 Å². The van der Waals surface area contributed by atoms with Gasteiger partial charge in [0.25, 0.3) is 0 Å². The first-order valence-corrected chi connectivity index (χ1v) is 7.45. The molecule has 0 aliphatic carbocycles. The first-order valence-electron chi connectivity index (χ1n) is 7.45. The van der Waals surface area contributed by atoms with Crippen molar-refractivity contribution in [2.75, 3.05) is 20.2 Å². The zero-order valence-corrected chi connectivity index (χ0v) is 11.8. The average molecular weight is 260 g/mol. The highest BCUT2D eigenvalue weighted by atomic mass is 16.5. The fraction of sp³-hybridized carbons (Fsp3) is 0.625. The predicted molar refractivity (Wildman–Crippen MR) is 77.5 cm³/mol. The van der Waals surface area contributed by atoms with Gasteiger partial charge in [0.1, 0.15) is 5.75 Å². The number of hydrogen-bond donors (Lipinski definition) is 1. The van der Waals surface area contributed by atoms with Crippen molar-refractivity contribution in [2.45, 2.75) is 44.3 Å². The highest BCUT2D eigenvalue weighted by Gasteiger charge is 2.31. The average Bonchev–Trinajstić information content (AvgIpc) is 2.93. The summed E-state index contributed by atoms with van der Waals surface area (Å²) < 4.78 is 5.27. The second-order valence-corrected chi connectivity index (χ2v) is 5.79. The zero-order valence-electron chi connectivity index (χ0n) is 11.8. The van der Waals surface area contributed by atoms with Crippen molar-refractivity contribution in [2.24, 2.45) is 0 Å². The van der Waals surface area contributed by atoms with Crippen LogP contribution >= 0.6 is 0 Å². The molecule has 2 aliphatic rings. The van der Waals surface area contributed by atoms with Crippen LogP contribution in [0.4, 0.5) is 0 Å². The predicted octanol–water partition coefficient (Wildman–Crippen LogP) is 2.41. The van der Waals surface area contributed by atoms with Crippen LogP contribution in [0.15, 0.2) is 24.3 Å². The molecule has 0 spiro atoms. The molecule has 104 valence electrons. The van der Waals surface area contributed by atoms with Gasteiger partial charge in [-0.15, -0.1) is 0 Å². The molecule has 0 amide bonds. The topological polar surface area (TPSA) is 24.5 Å². The van der Waals surface area contributed by atoms with Gasteiger partial charge >= 0.3 is 0 Å². The van der Waals surface area contributed by atoms with Crippen molar-refractivity contribution >= 4 is 0 Å². The normalized spacial score (nSPS) is 27.2. The molecule has 19 heavy (non-hydrogen) atoms. The number of nitrogens with one attached hydrogen (secondary N) is 1. The Bertz CT molecular complexity index is 421. The van der Waals surface area contributed by atoms with Crippen molar-refractivity contribution < 1.29 is 4.74 Å². The molecule has 2 fully saturated rings. The highest BCUT2D eigenvalue weighted by Crippen LogP contribution is 2.27. The molecular formula is C16H24N2O. The molecule has 2 aliphatic heterocycles. The van der Waals surface area contributed by atoms with E-state index in [4.69, 9.17) is 4.74 Å². The molecule has 0 saturated carbocycles. The Morgan fingerprint density at radius 2 is 2.26 bits per heavy atom. The van der Waals surface area contributed by atoms with E-state index < -0.39 is 0 Å². The van der Waals surface area contributed by atoms with Crippen LogP contribution in [0.2, 0.25) is 0 Å². The van der Waals surface area contributed by atoms with Crippen molar-refractivity contribution in [3.05, 3.63) is 29.8 Å². The van der Waals surface area contributed by atoms with Crippen LogP contribution in [0, 0.1) is 0 Å². The summed E-state index contributed by atoms with van der Waals surface area (Å²) in [6.45, 7) is 3.56. The third-order valence-electron chi connectivity index (χ3n) is 4.55. The second kappa shape index (κ2) is 5.93. The Morgan fingerprint density at radius 3 is 3.16 bits per heavy atom. The molecule has 3 heteroatoms. The van der Waals surface area contributed by atoms with Crippen molar-refractivity contribution in [1.82, 2.24) is 10.2 Å². The third-order valence-corrected chi connectivity index (χ3v) is 4.55. The molecule has 1 aromatic carbocycles. The summed E-state index contributed by atoms with van der Waals surface area (Å²) in [6.07, 6.45) is 5.41. The number of benzene rings is 1. The van der Waals surface area contributed by atoms with Gasteiger partial charge in [-0.1, -0.05) is 12.1 Å². The van der Waals surface area contributed by atoms with Crippen LogP contribution in [0.1, 0.15) is 31.2 Å². The number of rotatable bonds is 4. The lowest BCUT2D eigenvalue weighted by Gasteiger charge is -2.35. The number of fused-ring (bicyclic) bond motifs is 1. The van der Waals surface area contributed by atoms with E-state index in [1.807, 2.05) is 6.07 Å². The summed E-state index contributed by atoms with van der Waals surface area (Å²) in [6, 6.07) is 9.88. The third kappa shape index (κ3) is 3.10. The van der Waals surface area contributed by atoms with E-state index in [0.29, 0.717) is 6.04 Å². The quantitative estimate of drug-likeness (QED) is 0.900. The Hall–Kier alpha value is -1.06. The van der Waals surface area contributed by atoms with E-state index in [1.54, 1.807) is 7.11 Å².